The molecule has 1 atom stereocenters. The molecule has 0 aliphatic carbocycles. The lowest BCUT2D eigenvalue weighted by molar-refractivity contribution is 0.102. The number of thioether (sulfide) groups is 1. The summed E-state index contributed by atoms with van der Waals surface area (Å²) in [6, 6.07) is 16.4. The van der Waals surface area contributed by atoms with Gasteiger partial charge in [0, 0.05) is 23.6 Å². The van der Waals surface area contributed by atoms with Crippen molar-refractivity contribution >= 4 is 34.3 Å². The van der Waals surface area contributed by atoms with Crippen LogP contribution in [0.25, 0.3) is 0 Å². The van der Waals surface area contributed by atoms with E-state index in [9.17, 15) is 9.59 Å². The van der Waals surface area contributed by atoms with Crippen LogP contribution in [0.4, 0.5) is 10.5 Å². The Kier molecular flexibility index (Phi) is 7.67. The van der Waals surface area contributed by atoms with Crippen LogP contribution in [-0.2, 0) is 6.54 Å². The van der Waals surface area contributed by atoms with Gasteiger partial charge < -0.3 is 14.8 Å². The number of carbonyl (C=O) groups is 2. The highest BCUT2D eigenvalue weighted by Crippen LogP contribution is 2.33. The van der Waals surface area contributed by atoms with Crippen LogP contribution in [-0.4, -0.2) is 46.3 Å². The molecule has 35 heavy (non-hydrogen) atoms. The third-order valence-electron chi connectivity index (χ3n) is 5.48. The molecule has 1 N–H and O–H groups in total. The van der Waals surface area contributed by atoms with E-state index < -0.39 is 0 Å². The molecule has 1 aliphatic heterocycles. The molecule has 0 spiro atoms. The fourth-order valence-corrected chi connectivity index (χ4v) is 4.64. The highest BCUT2D eigenvalue weighted by Gasteiger charge is 2.30. The monoisotopic (exact) mass is 490 g/mol. The van der Waals surface area contributed by atoms with Gasteiger partial charge in [-0.05, 0) is 54.4 Å². The van der Waals surface area contributed by atoms with E-state index in [0.717, 1.165) is 23.3 Å². The number of hydrogen-bond donors (Lipinski definition) is 1. The van der Waals surface area contributed by atoms with E-state index in [2.05, 4.69) is 10.3 Å². The van der Waals surface area contributed by atoms with E-state index in [1.165, 1.54) is 23.0 Å². The average Bonchev–Trinajstić information content (AvgIpc) is 2.89. The molecule has 1 aliphatic rings. The molecule has 180 valence electrons. The maximum atomic E-state index is 12.9. The molecule has 4 rings (SSSR count). The minimum Gasteiger partial charge on any atom is -0.493 e. The van der Waals surface area contributed by atoms with Gasteiger partial charge in [-0.2, -0.15) is 5.10 Å². The van der Waals surface area contributed by atoms with Gasteiger partial charge in [0.15, 0.2) is 11.5 Å². The number of rotatable bonds is 8. The summed E-state index contributed by atoms with van der Waals surface area (Å²) >= 11 is 1.26. The SMILES string of the molecule is CCC1SC(=O)N(Cc2cccc(NC(=O)c3cccnc3)c2)N=C1c1ccc(OC)c(OC)c1. The standard InChI is InChI=1S/C26H26N4O4S/c1-4-23-24(18-10-11-21(33-2)22(14-18)34-3)29-30(26(32)35-23)16-17-7-5-9-20(13-17)28-25(31)19-8-6-12-27-15-19/h5-15,23H,4,16H2,1-3H3,(H,28,31). The van der Waals surface area contributed by atoms with Crippen LogP contribution in [0, 0.1) is 0 Å². The molecule has 1 aromatic heterocycles. The lowest BCUT2D eigenvalue weighted by Gasteiger charge is -2.28. The number of nitrogens with zero attached hydrogens (tertiary/aromatic N) is 3. The fraction of sp³-hybridized carbons (Fsp3) is 0.231. The fourth-order valence-electron chi connectivity index (χ4n) is 3.71. The Morgan fingerprint density at radius 3 is 2.63 bits per heavy atom. The molecule has 9 heteroatoms. The van der Waals surface area contributed by atoms with E-state index in [-0.39, 0.29) is 22.9 Å². The largest absolute Gasteiger partial charge is 0.493 e. The Hall–Kier alpha value is -3.85. The first-order valence-corrected chi connectivity index (χ1v) is 12.0. The van der Waals surface area contributed by atoms with E-state index in [1.54, 1.807) is 38.6 Å². The normalized spacial score (nSPS) is 15.4. The summed E-state index contributed by atoms with van der Waals surface area (Å²) in [6.07, 6.45) is 3.88. The maximum absolute atomic E-state index is 12.9. The van der Waals surface area contributed by atoms with Crippen molar-refractivity contribution in [3.8, 4) is 11.5 Å². The molecule has 0 radical (unpaired) electrons. The van der Waals surface area contributed by atoms with Crippen LogP contribution in [0.5, 0.6) is 11.5 Å². The minimum absolute atomic E-state index is 0.0676. The number of ether oxygens (including phenoxy) is 2. The second kappa shape index (κ2) is 11.1. The number of methoxy groups -OCH3 is 2. The number of nitrogens with one attached hydrogen (secondary N) is 1. The zero-order valence-electron chi connectivity index (χ0n) is 19.7. The van der Waals surface area contributed by atoms with E-state index in [0.29, 0.717) is 22.7 Å². The van der Waals surface area contributed by atoms with Crippen LogP contribution in [0.15, 0.2) is 72.1 Å². The first-order chi connectivity index (χ1) is 17.0. The lowest BCUT2D eigenvalue weighted by atomic mass is 10.0. The second-order valence-electron chi connectivity index (χ2n) is 7.79. The Bertz CT molecular complexity index is 1250. The predicted octanol–water partition coefficient (Wildman–Crippen LogP) is 5.20. The van der Waals surface area contributed by atoms with Crippen molar-refractivity contribution in [2.75, 3.05) is 19.5 Å². The van der Waals surface area contributed by atoms with Crippen LogP contribution in [0.3, 0.4) is 0 Å². The van der Waals surface area contributed by atoms with Crippen molar-refractivity contribution in [1.82, 2.24) is 9.99 Å². The molecule has 1 unspecified atom stereocenters. The van der Waals surface area contributed by atoms with Crippen LogP contribution >= 0.6 is 11.8 Å². The highest BCUT2D eigenvalue weighted by atomic mass is 32.2. The number of hydrogen-bond acceptors (Lipinski definition) is 7. The number of hydrazone groups is 1. The molecular formula is C26H26N4O4S. The van der Waals surface area contributed by atoms with Gasteiger partial charge in [0.2, 0.25) is 0 Å². The molecule has 0 bridgehead atoms. The quantitative estimate of drug-likeness (QED) is 0.466. The van der Waals surface area contributed by atoms with E-state index in [4.69, 9.17) is 14.6 Å². The average molecular weight is 491 g/mol. The summed E-state index contributed by atoms with van der Waals surface area (Å²) in [4.78, 5) is 29.3. The maximum Gasteiger partial charge on any atom is 0.302 e. The summed E-state index contributed by atoms with van der Waals surface area (Å²) < 4.78 is 10.8. The van der Waals surface area contributed by atoms with Gasteiger partial charge in [-0.1, -0.05) is 30.8 Å². The first-order valence-electron chi connectivity index (χ1n) is 11.1. The first kappa shape index (κ1) is 24.3. The molecule has 2 aromatic carbocycles. The van der Waals surface area contributed by atoms with Gasteiger partial charge in [-0.25, -0.2) is 5.01 Å². The van der Waals surface area contributed by atoms with Crippen molar-refractivity contribution in [2.45, 2.75) is 25.1 Å². The van der Waals surface area contributed by atoms with Gasteiger partial charge >= 0.3 is 5.24 Å². The van der Waals surface area contributed by atoms with Gasteiger partial charge in [0.25, 0.3) is 5.91 Å². The summed E-state index contributed by atoms with van der Waals surface area (Å²) in [6.45, 7) is 2.31. The van der Waals surface area contributed by atoms with Crippen LogP contribution in [0.1, 0.15) is 34.8 Å². The number of anilines is 1. The van der Waals surface area contributed by atoms with Gasteiger partial charge in [-0.3, -0.25) is 14.6 Å². The third-order valence-corrected chi connectivity index (χ3v) is 6.73. The van der Waals surface area contributed by atoms with Gasteiger partial charge in [0.1, 0.15) is 0 Å². The summed E-state index contributed by atoms with van der Waals surface area (Å²) in [7, 11) is 3.18. The number of amides is 2. The van der Waals surface area contributed by atoms with Crippen LogP contribution in [0.2, 0.25) is 0 Å². The smallest absolute Gasteiger partial charge is 0.302 e. The summed E-state index contributed by atoms with van der Waals surface area (Å²) in [5, 5.41) is 8.89. The number of pyridine rings is 1. The number of aromatic nitrogens is 1. The minimum atomic E-state index is -0.251. The lowest BCUT2D eigenvalue weighted by Crippen LogP contribution is -2.34. The van der Waals surface area contributed by atoms with Crippen molar-refractivity contribution in [2.24, 2.45) is 5.10 Å². The molecule has 8 nitrogen and oxygen atoms in total. The molecule has 0 fully saturated rings. The molecule has 0 saturated carbocycles. The van der Waals surface area contributed by atoms with E-state index in [1.807, 2.05) is 43.3 Å². The topological polar surface area (TPSA) is 93.1 Å². The molecule has 2 heterocycles. The highest BCUT2D eigenvalue weighted by molar-refractivity contribution is 8.14. The molecular weight excluding hydrogens is 464 g/mol. The zero-order chi connectivity index (χ0) is 24.8. The Labute approximate surface area is 208 Å². The Morgan fingerprint density at radius 1 is 1.09 bits per heavy atom. The molecule has 0 saturated heterocycles. The third kappa shape index (κ3) is 5.63. The predicted molar refractivity (Wildman–Crippen MR) is 137 cm³/mol. The Morgan fingerprint density at radius 2 is 1.91 bits per heavy atom. The molecule has 2 amide bonds. The van der Waals surface area contributed by atoms with Gasteiger partial charge in [-0.15, -0.1) is 0 Å². The van der Waals surface area contributed by atoms with Gasteiger partial charge in [0.05, 0.1) is 37.3 Å². The number of carbonyl (C=O) groups excluding carboxylic acids is 2. The van der Waals surface area contributed by atoms with Crippen molar-refractivity contribution < 1.29 is 19.1 Å². The Balaban J connectivity index is 1.57. The molecule has 3 aromatic rings. The van der Waals surface area contributed by atoms with Crippen LogP contribution < -0.4 is 14.8 Å². The van der Waals surface area contributed by atoms with Crippen molar-refractivity contribution in [3.05, 3.63) is 83.7 Å². The summed E-state index contributed by atoms with van der Waals surface area (Å²) in [5.41, 5.74) is 3.61. The van der Waals surface area contributed by atoms with E-state index >= 15 is 0 Å². The number of benzene rings is 2. The van der Waals surface area contributed by atoms with Crippen molar-refractivity contribution in [3.63, 3.8) is 0 Å². The van der Waals surface area contributed by atoms with Crippen molar-refractivity contribution in [1.29, 1.82) is 0 Å². The zero-order valence-corrected chi connectivity index (χ0v) is 20.5. The summed E-state index contributed by atoms with van der Waals surface area (Å²) in [5.74, 6) is 0.985. The second-order valence-corrected chi connectivity index (χ2v) is 8.94.